The van der Waals surface area contributed by atoms with Crippen LogP contribution in [0.3, 0.4) is 0 Å². The highest BCUT2D eigenvalue weighted by Crippen LogP contribution is 2.35. The Morgan fingerprint density at radius 1 is 1.15 bits per heavy atom. The lowest BCUT2D eigenvalue weighted by Crippen LogP contribution is -2.37. The quantitative estimate of drug-likeness (QED) is 0.292. The average molecular weight is 530 g/mol. The number of nitrogens with one attached hydrogen (secondary N) is 1. The topological polar surface area (TPSA) is 68.0 Å². The Bertz CT molecular complexity index is 1330. The summed E-state index contributed by atoms with van der Waals surface area (Å²) in [7, 11) is -1.32. The molecule has 0 radical (unpaired) electrons. The van der Waals surface area contributed by atoms with Crippen LogP contribution < -0.4 is 4.72 Å². The Balaban J connectivity index is 1.83. The van der Waals surface area contributed by atoms with Crippen LogP contribution in [0.1, 0.15) is 43.6 Å². The van der Waals surface area contributed by atoms with Crippen LogP contribution in [0.15, 0.2) is 63.7 Å². The van der Waals surface area contributed by atoms with Gasteiger partial charge in [0.1, 0.15) is 16.1 Å². The predicted molar refractivity (Wildman–Crippen MR) is 134 cm³/mol. The molecule has 2 aromatic carbocycles. The van der Waals surface area contributed by atoms with E-state index in [1.54, 1.807) is 6.07 Å². The molecule has 0 fully saturated rings. The van der Waals surface area contributed by atoms with Crippen molar-refractivity contribution in [2.24, 2.45) is 0 Å². The summed E-state index contributed by atoms with van der Waals surface area (Å²) in [5.41, 5.74) is 4.69. The molecule has 172 valence electrons. The Morgan fingerprint density at radius 2 is 1.91 bits per heavy atom. The number of nitrogens with zero attached hydrogens (tertiary/aromatic N) is 2. The van der Waals surface area contributed by atoms with Gasteiger partial charge in [-0.25, -0.2) is 18.3 Å². The number of rotatable bonds is 6. The van der Waals surface area contributed by atoms with Gasteiger partial charge in [0.25, 0.3) is 0 Å². The van der Waals surface area contributed by atoms with E-state index in [4.69, 9.17) is 4.52 Å². The molecule has 33 heavy (non-hydrogen) atoms. The molecule has 5 nitrogen and oxygen atoms in total. The second kappa shape index (κ2) is 9.44. The summed E-state index contributed by atoms with van der Waals surface area (Å²) in [6, 6.07) is 15.8. The number of hydrogen-bond donors (Lipinski definition) is 1. The van der Waals surface area contributed by atoms with Gasteiger partial charge in [0.2, 0.25) is 0 Å². The molecule has 2 atom stereocenters. The maximum Gasteiger partial charge on any atom is 0.170 e. The predicted octanol–water partition coefficient (Wildman–Crippen LogP) is 6.44. The fourth-order valence-corrected chi connectivity index (χ4v) is 4.76. The van der Waals surface area contributed by atoms with Crippen molar-refractivity contribution < 1.29 is 13.1 Å². The summed E-state index contributed by atoms with van der Waals surface area (Å²) in [6.07, 6.45) is 0.522. The van der Waals surface area contributed by atoms with Crippen LogP contribution >= 0.6 is 15.9 Å². The molecule has 0 saturated carbocycles. The first-order valence-corrected chi connectivity index (χ1v) is 12.5. The van der Waals surface area contributed by atoms with Crippen LogP contribution in [-0.2, 0) is 17.4 Å². The van der Waals surface area contributed by atoms with Gasteiger partial charge in [-0.2, -0.15) is 0 Å². The van der Waals surface area contributed by atoms with E-state index in [0.717, 1.165) is 32.4 Å². The monoisotopic (exact) mass is 529 g/mol. The molecule has 8 heteroatoms. The van der Waals surface area contributed by atoms with E-state index in [2.05, 4.69) is 30.8 Å². The molecule has 4 rings (SSSR count). The molecule has 0 aliphatic heterocycles. The van der Waals surface area contributed by atoms with Crippen LogP contribution in [0.25, 0.3) is 22.2 Å². The zero-order valence-electron chi connectivity index (χ0n) is 18.9. The minimum absolute atomic E-state index is 0.311. The van der Waals surface area contributed by atoms with E-state index >= 15 is 0 Å². The van der Waals surface area contributed by atoms with Crippen molar-refractivity contribution in [3.05, 3.63) is 81.8 Å². The third kappa shape index (κ3) is 5.23. The molecule has 0 aliphatic rings. The number of fused-ring (bicyclic) bond motifs is 1. The maximum absolute atomic E-state index is 13.7. The van der Waals surface area contributed by atoms with Crippen LogP contribution in [0, 0.1) is 12.7 Å². The fraction of sp³-hybridized carbons (Fsp3) is 0.280. The number of pyridine rings is 1. The molecule has 2 aromatic heterocycles. The smallest absolute Gasteiger partial charge is 0.170 e. The van der Waals surface area contributed by atoms with E-state index in [1.165, 1.54) is 12.1 Å². The Kier molecular flexibility index (Phi) is 6.79. The molecule has 0 saturated heterocycles. The zero-order valence-corrected chi connectivity index (χ0v) is 21.3. The third-order valence-corrected chi connectivity index (χ3v) is 7.45. The van der Waals surface area contributed by atoms with Crippen molar-refractivity contribution in [2.45, 2.75) is 44.9 Å². The van der Waals surface area contributed by atoms with Gasteiger partial charge in [-0.3, -0.25) is 0 Å². The summed E-state index contributed by atoms with van der Waals surface area (Å²) < 4.78 is 35.9. The lowest BCUT2D eigenvalue weighted by molar-refractivity contribution is 0.457. The largest absolute Gasteiger partial charge is 0.356 e. The van der Waals surface area contributed by atoms with E-state index in [-0.39, 0.29) is 11.9 Å². The van der Waals surface area contributed by atoms with Gasteiger partial charge in [-0.1, -0.05) is 35.5 Å². The van der Waals surface area contributed by atoms with E-state index in [1.807, 2.05) is 64.1 Å². The normalized spacial score (nSPS) is 13.9. The maximum atomic E-state index is 13.7. The standard InChI is InChI=1S/C25H25BrFN3O2S/c1-15-9-12-23(26)28-20(15)14-21(30-33(31)25(2,3)4)17-7-5-6-8-18(17)24-19-11-10-16(27)13-22(19)32-29-24/h5-13,21,30H,14H2,1-4H3. The van der Waals surface area contributed by atoms with Gasteiger partial charge in [-0.15, -0.1) is 0 Å². The second-order valence-corrected chi connectivity index (χ2v) is 11.7. The highest BCUT2D eigenvalue weighted by atomic mass is 79.9. The van der Waals surface area contributed by atoms with Crippen LogP contribution in [0.2, 0.25) is 0 Å². The molecule has 0 bridgehead atoms. The first-order chi connectivity index (χ1) is 15.6. The average Bonchev–Trinajstić information content (AvgIpc) is 3.18. The number of aryl methyl sites for hydroxylation is 1. The Morgan fingerprint density at radius 3 is 2.67 bits per heavy atom. The van der Waals surface area contributed by atoms with Gasteiger partial charge < -0.3 is 4.52 Å². The van der Waals surface area contributed by atoms with E-state index in [0.29, 0.717) is 17.7 Å². The number of benzene rings is 2. The molecule has 2 unspecified atom stereocenters. The minimum Gasteiger partial charge on any atom is -0.356 e. The number of aromatic nitrogens is 2. The van der Waals surface area contributed by atoms with Crippen molar-refractivity contribution in [3.63, 3.8) is 0 Å². The van der Waals surface area contributed by atoms with Gasteiger partial charge in [0.05, 0.1) is 21.8 Å². The lowest BCUT2D eigenvalue weighted by Gasteiger charge is -2.26. The molecule has 1 N–H and O–H groups in total. The van der Waals surface area contributed by atoms with Crippen LogP contribution in [0.4, 0.5) is 4.39 Å². The SMILES string of the molecule is Cc1ccc(Br)nc1CC(NS(=O)C(C)(C)C)c1ccccc1-c1noc2cc(F)ccc12. The van der Waals surface area contributed by atoms with Gasteiger partial charge in [0.15, 0.2) is 5.58 Å². The van der Waals surface area contributed by atoms with E-state index in [9.17, 15) is 8.60 Å². The molecule has 2 heterocycles. The highest BCUT2D eigenvalue weighted by Gasteiger charge is 2.27. The van der Waals surface area contributed by atoms with Crippen LogP contribution in [-0.4, -0.2) is 19.1 Å². The second-order valence-electron chi connectivity index (χ2n) is 8.91. The molecule has 0 aliphatic carbocycles. The fourth-order valence-electron chi connectivity index (χ4n) is 3.59. The first-order valence-electron chi connectivity index (χ1n) is 10.6. The summed E-state index contributed by atoms with van der Waals surface area (Å²) in [6.45, 7) is 7.81. The summed E-state index contributed by atoms with van der Waals surface area (Å²) in [4.78, 5) is 4.66. The molecule has 0 spiro atoms. The van der Waals surface area contributed by atoms with Crippen molar-refractivity contribution >= 4 is 37.9 Å². The molecular weight excluding hydrogens is 505 g/mol. The molecular formula is C25H25BrFN3O2S. The summed E-state index contributed by atoms with van der Waals surface area (Å²) >= 11 is 3.46. The minimum atomic E-state index is -1.32. The zero-order chi connectivity index (χ0) is 23.8. The van der Waals surface area contributed by atoms with Gasteiger partial charge in [0, 0.05) is 29.1 Å². The van der Waals surface area contributed by atoms with Gasteiger partial charge in [-0.05, 0) is 73.0 Å². The number of hydrogen-bond acceptors (Lipinski definition) is 4. The highest BCUT2D eigenvalue weighted by molar-refractivity contribution is 9.10. The lowest BCUT2D eigenvalue weighted by atomic mass is 9.93. The molecule has 4 aromatic rings. The third-order valence-electron chi connectivity index (χ3n) is 5.40. The Hall–Kier alpha value is -2.42. The number of halogens is 2. The van der Waals surface area contributed by atoms with Crippen molar-refractivity contribution in [1.82, 2.24) is 14.9 Å². The van der Waals surface area contributed by atoms with Crippen molar-refractivity contribution in [1.29, 1.82) is 0 Å². The van der Waals surface area contributed by atoms with Gasteiger partial charge >= 0.3 is 0 Å². The van der Waals surface area contributed by atoms with Crippen molar-refractivity contribution in [3.8, 4) is 11.3 Å². The summed E-state index contributed by atoms with van der Waals surface area (Å²) in [5, 5.41) is 4.97. The van der Waals surface area contributed by atoms with E-state index < -0.39 is 15.7 Å². The summed E-state index contributed by atoms with van der Waals surface area (Å²) in [5.74, 6) is -0.380. The Labute approximate surface area is 203 Å². The first kappa shape index (κ1) is 23.7. The van der Waals surface area contributed by atoms with Crippen molar-refractivity contribution in [2.75, 3.05) is 0 Å². The molecule has 0 amide bonds. The van der Waals surface area contributed by atoms with Crippen LogP contribution in [0.5, 0.6) is 0 Å².